The number of hydrogen-bond acceptors (Lipinski definition) is 3. The lowest BCUT2D eigenvalue weighted by Crippen LogP contribution is -2.45. The second kappa shape index (κ2) is 6.13. The Bertz CT molecular complexity index is 588. The molecular formula is C14H20BrNO3S. The third-order valence-electron chi connectivity index (χ3n) is 4.08. The lowest BCUT2D eigenvalue weighted by Gasteiger charge is -2.37. The van der Waals surface area contributed by atoms with Gasteiger partial charge in [-0.15, -0.1) is 0 Å². The van der Waals surface area contributed by atoms with Crippen molar-refractivity contribution in [3.8, 4) is 0 Å². The maximum Gasteiger partial charge on any atom is 0.244 e. The first-order chi connectivity index (χ1) is 9.37. The molecule has 0 amide bonds. The molecule has 112 valence electrons. The fourth-order valence-corrected chi connectivity index (χ4v) is 5.35. The summed E-state index contributed by atoms with van der Waals surface area (Å²) in [5, 5.41) is 9.20. The average Bonchev–Trinajstić information content (AvgIpc) is 2.42. The summed E-state index contributed by atoms with van der Waals surface area (Å²) < 4.78 is 27.8. The number of halogens is 1. The van der Waals surface area contributed by atoms with E-state index < -0.39 is 10.0 Å². The third-order valence-corrected chi connectivity index (χ3v) is 7.06. The van der Waals surface area contributed by atoms with Gasteiger partial charge in [0.25, 0.3) is 0 Å². The van der Waals surface area contributed by atoms with Gasteiger partial charge >= 0.3 is 0 Å². The van der Waals surface area contributed by atoms with Crippen LogP contribution in [0.3, 0.4) is 0 Å². The van der Waals surface area contributed by atoms with Crippen molar-refractivity contribution in [3.05, 3.63) is 28.2 Å². The van der Waals surface area contributed by atoms with E-state index in [1.54, 1.807) is 22.5 Å². The van der Waals surface area contributed by atoms with Gasteiger partial charge in [-0.2, -0.15) is 4.31 Å². The first-order valence-corrected chi connectivity index (χ1v) is 9.02. The van der Waals surface area contributed by atoms with E-state index in [1.807, 2.05) is 6.92 Å². The number of piperidine rings is 1. The zero-order chi connectivity index (χ0) is 14.9. The third kappa shape index (κ3) is 2.93. The summed E-state index contributed by atoms with van der Waals surface area (Å²) in [6, 6.07) is 4.94. The Kier molecular flexibility index (Phi) is 4.89. The molecule has 1 N–H and O–H groups in total. The molecule has 20 heavy (non-hydrogen) atoms. The van der Waals surface area contributed by atoms with E-state index in [0.29, 0.717) is 22.5 Å². The smallest absolute Gasteiger partial charge is 0.244 e. The zero-order valence-corrected chi connectivity index (χ0v) is 14.1. The molecular weight excluding hydrogens is 342 g/mol. The van der Waals surface area contributed by atoms with Crippen molar-refractivity contribution in [2.45, 2.75) is 44.2 Å². The highest BCUT2D eigenvalue weighted by Gasteiger charge is 2.35. The number of rotatable bonds is 3. The quantitative estimate of drug-likeness (QED) is 0.900. The van der Waals surface area contributed by atoms with Crippen molar-refractivity contribution in [1.29, 1.82) is 0 Å². The zero-order valence-electron chi connectivity index (χ0n) is 11.7. The fourth-order valence-electron chi connectivity index (χ4n) is 2.61. The molecule has 0 bridgehead atoms. The molecule has 0 saturated carbocycles. The summed E-state index contributed by atoms with van der Waals surface area (Å²) >= 11 is 3.31. The van der Waals surface area contributed by atoms with Crippen LogP contribution in [-0.4, -0.2) is 30.4 Å². The number of sulfonamides is 1. The molecule has 2 atom stereocenters. The molecule has 1 aromatic rings. The highest BCUT2D eigenvalue weighted by molar-refractivity contribution is 9.10. The molecule has 0 aliphatic carbocycles. The maximum atomic E-state index is 12.8. The van der Waals surface area contributed by atoms with Crippen molar-refractivity contribution in [3.63, 3.8) is 0 Å². The minimum absolute atomic E-state index is 0.00145. The Balaban J connectivity index is 2.44. The van der Waals surface area contributed by atoms with Gasteiger partial charge in [0.05, 0.1) is 11.5 Å². The summed E-state index contributed by atoms with van der Waals surface area (Å²) in [7, 11) is -3.53. The van der Waals surface area contributed by atoms with E-state index in [-0.39, 0.29) is 17.5 Å². The number of nitrogens with zero attached hydrogens (tertiary/aromatic N) is 1. The van der Waals surface area contributed by atoms with Gasteiger partial charge in [-0.3, -0.25) is 0 Å². The van der Waals surface area contributed by atoms with Crippen LogP contribution in [0.5, 0.6) is 0 Å². The number of hydrogen-bond donors (Lipinski definition) is 1. The van der Waals surface area contributed by atoms with E-state index in [9.17, 15) is 13.5 Å². The molecule has 1 aliphatic heterocycles. The van der Waals surface area contributed by atoms with Gasteiger partial charge in [-0.05, 0) is 59.3 Å². The van der Waals surface area contributed by atoms with Crippen molar-refractivity contribution in [2.75, 3.05) is 6.54 Å². The molecule has 1 fully saturated rings. The number of aliphatic hydroxyl groups excluding tert-OH is 1. The van der Waals surface area contributed by atoms with E-state index in [2.05, 4.69) is 22.9 Å². The lowest BCUT2D eigenvalue weighted by atomic mass is 9.94. The minimum atomic E-state index is -3.53. The second-order valence-corrected chi connectivity index (χ2v) is 8.11. The Hall–Kier alpha value is -0.430. The Labute approximate surface area is 129 Å². The maximum absolute atomic E-state index is 12.8. The minimum Gasteiger partial charge on any atom is -0.392 e. The molecule has 0 radical (unpaired) electrons. The van der Waals surface area contributed by atoms with Crippen LogP contribution in [0, 0.1) is 5.92 Å². The molecule has 0 aromatic heterocycles. The topological polar surface area (TPSA) is 57.6 Å². The van der Waals surface area contributed by atoms with Crippen molar-refractivity contribution >= 4 is 26.0 Å². The van der Waals surface area contributed by atoms with Crippen LogP contribution >= 0.6 is 15.9 Å². The van der Waals surface area contributed by atoms with Crippen LogP contribution in [0.25, 0.3) is 0 Å². The van der Waals surface area contributed by atoms with Crippen LogP contribution in [0.4, 0.5) is 0 Å². The van der Waals surface area contributed by atoms with Crippen molar-refractivity contribution in [1.82, 2.24) is 4.31 Å². The molecule has 4 nitrogen and oxygen atoms in total. The predicted molar refractivity (Wildman–Crippen MR) is 81.8 cm³/mol. The van der Waals surface area contributed by atoms with Crippen molar-refractivity contribution < 1.29 is 13.5 Å². The molecule has 1 heterocycles. The van der Waals surface area contributed by atoms with Crippen LogP contribution in [0.2, 0.25) is 0 Å². The van der Waals surface area contributed by atoms with Gasteiger partial charge in [0.15, 0.2) is 0 Å². The van der Waals surface area contributed by atoms with Gasteiger partial charge in [0.1, 0.15) is 0 Å². The van der Waals surface area contributed by atoms with Gasteiger partial charge in [0, 0.05) is 17.1 Å². The van der Waals surface area contributed by atoms with Crippen LogP contribution in [0.1, 0.15) is 32.3 Å². The Morgan fingerprint density at radius 2 is 2.10 bits per heavy atom. The molecule has 1 saturated heterocycles. The Morgan fingerprint density at radius 3 is 2.75 bits per heavy atom. The fraction of sp³-hybridized carbons (Fsp3) is 0.571. The van der Waals surface area contributed by atoms with Gasteiger partial charge in [0.2, 0.25) is 10.0 Å². The van der Waals surface area contributed by atoms with E-state index >= 15 is 0 Å². The number of aliphatic hydroxyl groups is 1. The van der Waals surface area contributed by atoms with Gasteiger partial charge in [-0.1, -0.05) is 13.0 Å². The summed E-state index contributed by atoms with van der Waals surface area (Å²) in [4.78, 5) is 0.241. The van der Waals surface area contributed by atoms with Gasteiger partial charge in [-0.25, -0.2) is 8.42 Å². The first kappa shape index (κ1) is 15.9. The van der Waals surface area contributed by atoms with E-state index in [4.69, 9.17) is 0 Å². The standard InChI is InChI=1S/C14H20BrNO3S/c1-10-4-3-7-16(11(10)2)20(18,19)14-8-12(9-17)5-6-13(14)15/h5-6,8,10-11,17H,3-4,7,9H2,1-2H3. The molecule has 1 aromatic carbocycles. The van der Waals surface area contributed by atoms with Crippen molar-refractivity contribution in [2.24, 2.45) is 5.92 Å². The van der Waals surface area contributed by atoms with Crippen LogP contribution in [-0.2, 0) is 16.6 Å². The summed E-state index contributed by atoms with van der Waals surface area (Å²) in [5.41, 5.74) is 0.601. The molecule has 2 unspecified atom stereocenters. The normalized spacial score (nSPS) is 24.8. The average molecular weight is 362 g/mol. The molecule has 1 aliphatic rings. The molecule has 2 rings (SSSR count). The lowest BCUT2D eigenvalue weighted by molar-refractivity contribution is 0.202. The largest absolute Gasteiger partial charge is 0.392 e. The van der Waals surface area contributed by atoms with E-state index in [0.717, 1.165) is 12.8 Å². The highest BCUT2D eigenvalue weighted by atomic mass is 79.9. The Morgan fingerprint density at radius 1 is 1.40 bits per heavy atom. The predicted octanol–water partition coefficient (Wildman–Crippen LogP) is 2.75. The molecule has 0 spiro atoms. The highest BCUT2D eigenvalue weighted by Crippen LogP contribution is 2.32. The van der Waals surface area contributed by atoms with Crippen LogP contribution < -0.4 is 0 Å². The second-order valence-electron chi connectivity index (χ2n) is 5.40. The van der Waals surface area contributed by atoms with Crippen LogP contribution in [0.15, 0.2) is 27.6 Å². The van der Waals surface area contributed by atoms with E-state index in [1.165, 1.54) is 0 Å². The molecule has 6 heteroatoms. The SMILES string of the molecule is CC1CCCN(S(=O)(=O)c2cc(CO)ccc2Br)C1C. The number of benzene rings is 1. The van der Waals surface area contributed by atoms with Gasteiger partial charge < -0.3 is 5.11 Å². The summed E-state index contributed by atoms with van der Waals surface area (Å²) in [6.07, 6.45) is 1.95. The first-order valence-electron chi connectivity index (χ1n) is 6.79. The monoisotopic (exact) mass is 361 g/mol. The summed E-state index contributed by atoms with van der Waals surface area (Å²) in [6.45, 7) is 4.45. The summed E-state index contributed by atoms with van der Waals surface area (Å²) in [5.74, 6) is 0.360.